The molecule has 1 aliphatic rings. The molecule has 1 amide bonds. The molecule has 0 unspecified atom stereocenters. The quantitative estimate of drug-likeness (QED) is 0.753. The van der Waals surface area contributed by atoms with Crippen molar-refractivity contribution in [3.05, 3.63) is 47.3 Å². The molecular weight excluding hydrogens is 408 g/mol. The number of carbonyl (C=O) groups is 1. The molecule has 0 spiro atoms. The van der Waals surface area contributed by atoms with Crippen LogP contribution in [0.2, 0.25) is 0 Å². The molecule has 1 saturated heterocycles. The van der Waals surface area contributed by atoms with E-state index in [-0.39, 0.29) is 24.0 Å². The number of amides is 1. The lowest BCUT2D eigenvalue weighted by molar-refractivity contribution is -0.134. The van der Waals surface area contributed by atoms with Gasteiger partial charge in [-0.2, -0.15) is 0 Å². The van der Waals surface area contributed by atoms with Gasteiger partial charge in [-0.05, 0) is 47.4 Å². The second-order valence-electron chi connectivity index (χ2n) is 8.27. The number of sulfonamides is 1. The van der Waals surface area contributed by atoms with Crippen LogP contribution in [0.15, 0.2) is 46.0 Å². The lowest BCUT2D eigenvalue weighted by Gasteiger charge is -2.32. The van der Waals surface area contributed by atoms with E-state index >= 15 is 0 Å². The topological polar surface area (TPSA) is 75.7 Å². The van der Waals surface area contributed by atoms with Gasteiger partial charge in [-0.15, -0.1) is 11.3 Å². The summed E-state index contributed by atoms with van der Waals surface area (Å²) in [6.45, 7) is 7.47. The summed E-state index contributed by atoms with van der Waals surface area (Å²) in [5.74, 6) is 0.592. The molecule has 0 saturated carbocycles. The Morgan fingerprint density at radius 1 is 1.17 bits per heavy atom. The van der Waals surface area contributed by atoms with E-state index in [1.165, 1.54) is 16.9 Å². The molecular formula is C21H28N2O4S2. The molecule has 0 aliphatic carbocycles. The van der Waals surface area contributed by atoms with Crippen molar-refractivity contribution < 1.29 is 17.9 Å². The molecule has 0 atom stereocenters. The van der Waals surface area contributed by atoms with Crippen molar-refractivity contribution in [1.82, 2.24) is 9.62 Å². The zero-order chi connectivity index (χ0) is 21.1. The lowest BCUT2D eigenvalue weighted by atomic mass is 9.87. The van der Waals surface area contributed by atoms with Crippen LogP contribution in [0.1, 0.15) is 39.2 Å². The van der Waals surface area contributed by atoms with Gasteiger partial charge in [0.1, 0.15) is 9.96 Å². The summed E-state index contributed by atoms with van der Waals surface area (Å²) in [5, 5.41) is 1.74. The van der Waals surface area contributed by atoms with E-state index in [1.54, 1.807) is 22.4 Å². The average molecular weight is 437 g/mol. The molecule has 158 valence electrons. The molecule has 2 heterocycles. The van der Waals surface area contributed by atoms with Crippen LogP contribution in [-0.2, 0) is 20.2 Å². The first-order valence-electron chi connectivity index (χ1n) is 9.72. The number of hydrogen-bond acceptors (Lipinski definition) is 5. The fraction of sp³-hybridized carbons (Fsp3) is 0.476. The van der Waals surface area contributed by atoms with Crippen LogP contribution < -0.4 is 9.46 Å². The Morgan fingerprint density at radius 2 is 1.83 bits per heavy atom. The van der Waals surface area contributed by atoms with Gasteiger partial charge in [-0.1, -0.05) is 39.0 Å². The summed E-state index contributed by atoms with van der Waals surface area (Å²) in [7, 11) is -3.47. The van der Waals surface area contributed by atoms with E-state index in [1.807, 2.05) is 24.3 Å². The van der Waals surface area contributed by atoms with Crippen LogP contribution >= 0.6 is 11.3 Å². The molecule has 8 heteroatoms. The van der Waals surface area contributed by atoms with E-state index in [0.29, 0.717) is 35.9 Å². The maximum atomic E-state index is 12.4. The zero-order valence-corrected chi connectivity index (χ0v) is 18.7. The van der Waals surface area contributed by atoms with Crippen LogP contribution in [0.25, 0.3) is 0 Å². The number of likely N-dealkylation sites (tertiary alicyclic amines) is 1. The van der Waals surface area contributed by atoms with Crippen LogP contribution in [0.3, 0.4) is 0 Å². The summed E-state index contributed by atoms with van der Waals surface area (Å²) < 4.78 is 33.4. The number of carbonyl (C=O) groups excluding carboxylic acids is 1. The van der Waals surface area contributed by atoms with Crippen molar-refractivity contribution in [3.8, 4) is 5.75 Å². The van der Waals surface area contributed by atoms with Crippen LogP contribution in [0.5, 0.6) is 5.75 Å². The molecule has 0 bridgehead atoms. The van der Waals surface area contributed by atoms with Gasteiger partial charge in [0.05, 0.1) is 0 Å². The Bertz CT molecular complexity index is 909. The molecule has 1 aromatic carbocycles. The first-order valence-corrected chi connectivity index (χ1v) is 12.1. The summed E-state index contributed by atoms with van der Waals surface area (Å²) in [6.07, 6.45) is 1.19. The normalized spacial score (nSPS) is 16.0. The molecule has 6 nitrogen and oxygen atoms in total. The first-order chi connectivity index (χ1) is 13.6. The number of benzene rings is 1. The second kappa shape index (κ2) is 8.85. The molecule has 3 rings (SSSR count). The highest BCUT2D eigenvalue weighted by Gasteiger charge is 2.27. The van der Waals surface area contributed by atoms with Crippen LogP contribution in [-0.4, -0.2) is 45.0 Å². The number of thiophene rings is 1. The first kappa shape index (κ1) is 21.8. The van der Waals surface area contributed by atoms with Gasteiger partial charge in [-0.25, -0.2) is 13.1 Å². The van der Waals surface area contributed by atoms with Crippen molar-refractivity contribution in [2.24, 2.45) is 0 Å². The van der Waals surface area contributed by atoms with Crippen molar-refractivity contribution in [2.45, 2.75) is 49.3 Å². The summed E-state index contributed by atoms with van der Waals surface area (Å²) >= 11 is 1.20. The van der Waals surface area contributed by atoms with Crippen molar-refractivity contribution in [2.75, 3.05) is 19.7 Å². The van der Waals surface area contributed by atoms with Crippen LogP contribution in [0, 0.1) is 0 Å². The standard InChI is InChI=1S/C21H28N2O4S2/c1-21(2,3)16-6-8-18(9-7-16)27-15-19(24)23-12-10-17(11-13-23)22-29(25,26)20-5-4-14-28-20/h4-9,14,17,22H,10-13,15H2,1-3H3. The third-order valence-electron chi connectivity index (χ3n) is 5.01. The fourth-order valence-electron chi connectivity index (χ4n) is 3.23. The Hall–Kier alpha value is -1.90. The molecule has 1 aromatic heterocycles. The maximum Gasteiger partial charge on any atom is 0.260 e. The van der Waals surface area contributed by atoms with Crippen molar-refractivity contribution >= 4 is 27.3 Å². The molecule has 1 aliphatic heterocycles. The van der Waals surface area contributed by atoms with E-state index in [9.17, 15) is 13.2 Å². The van der Waals surface area contributed by atoms with Gasteiger partial charge >= 0.3 is 0 Å². The van der Waals surface area contributed by atoms with Gasteiger partial charge < -0.3 is 9.64 Å². The Labute approximate surface area is 176 Å². The highest BCUT2D eigenvalue weighted by atomic mass is 32.2. The third kappa shape index (κ3) is 5.81. The molecule has 1 N–H and O–H groups in total. The van der Waals surface area contributed by atoms with Gasteiger partial charge in [0.25, 0.3) is 5.91 Å². The number of nitrogens with one attached hydrogen (secondary N) is 1. The SMILES string of the molecule is CC(C)(C)c1ccc(OCC(=O)N2CCC(NS(=O)(=O)c3cccs3)CC2)cc1. The highest BCUT2D eigenvalue weighted by molar-refractivity contribution is 7.91. The summed E-state index contributed by atoms with van der Waals surface area (Å²) in [5.41, 5.74) is 1.28. The molecule has 0 radical (unpaired) electrons. The highest BCUT2D eigenvalue weighted by Crippen LogP contribution is 2.24. The minimum Gasteiger partial charge on any atom is -0.484 e. The second-order valence-corrected chi connectivity index (χ2v) is 11.2. The number of hydrogen-bond donors (Lipinski definition) is 1. The van der Waals surface area contributed by atoms with Gasteiger partial charge in [-0.3, -0.25) is 4.79 Å². The predicted octanol–water partition coefficient (Wildman–Crippen LogP) is 3.39. The monoisotopic (exact) mass is 436 g/mol. The third-order valence-corrected chi connectivity index (χ3v) is 7.93. The van der Waals surface area contributed by atoms with Crippen molar-refractivity contribution in [3.63, 3.8) is 0 Å². The Morgan fingerprint density at radius 3 is 2.38 bits per heavy atom. The van der Waals surface area contributed by atoms with E-state index < -0.39 is 10.0 Å². The number of ether oxygens (including phenoxy) is 1. The van der Waals surface area contributed by atoms with Gasteiger partial charge in [0.2, 0.25) is 10.0 Å². The summed E-state index contributed by atoms with van der Waals surface area (Å²) in [4.78, 5) is 14.2. The number of piperidine rings is 1. The maximum absolute atomic E-state index is 12.4. The molecule has 1 fully saturated rings. The Balaban J connectivity index is 1.45. The minimum atomic E-state index is -3.47. The predicted molar refractivity (Wildman–Crippen MR) is 115 cm³/mol. The van der Waals surface area contributed by atoms with Gasteiger partial charge in [0.15, 0.2) is 6.61 Å². The smallest absolute Gasteiger partial charge is 0.260 e. The van der Waals surface area contributed by atoms with E-state index in [2.05, 4.69) is 25.5 Å². The largest absolute Gasteiger partial charge is 0.484 e. The number of rotatable bonds is 6. The summed E-state index contributed by atoms with van der Waals surface area (Å²) in [6, 6.07) is 11.0. The zero-order valence-electron chi connectivity index (χ0n) is 17.1. The fourth-order valence-corrected chi connectivity index (χ4v) is 5.54. The van der Waals surface area contributed by atoms with E-state index in [4.69, 9.17) is 4.74 Å². The lowest BCUT2D eigenvalue weighted by Crippen LogP contribution is -2.47. The molecule has 2 aromatic rings. The minimum absolute atomic E-state index is 0.0134. The Kier molecular flexibility index (Phi) is 6.65. The van der Waals surface area contributed by atoms with Crippen LogP contribution in [0.4, 0.5) is 0 Å². The van der Waals surface area contributed by atoms with E-state index in [0.717, 1.165) is 0 Å². The number of nitrogens with zero attached hydrogens (tertiary/aromatic N) is 1. The van der Waals surface area contributed by atoms with Crippen molar-refractivity contribution in [1.29, 1.82) is 0 Å². The molecule has 29 heavy (non-hydrogen) atoms. The van der Waals surface area contributed by atoms with Gasteiger partial charge in [0, 0.05) is 19.1 Å². The average Bonchev–Trinajstić information content (AvgIpc) is 3.22.